The molecule has 180 valence electrons. The Balaban J connectivity index is 1.38. The van der Waals surface area contributed by atoms with Gasteiger partial charge in [-0.2, -0.15) is 13.2 Å². The lowest BCUT2D eigenvalue weighted by molar-refractivity contribution is -0.167. The Bertz CT molecular complexity index is 945. The first-order chi connectivity index (χ1) is 15.3. The highest BCUT2D eigenvalue weighted by Crippen LogP contribution is 2.60. The van der Waals surface area contributed by atoms with Crippen LogP contribution in [0.4, 0.5) is 18.9 Å². The van der Waals surface area contributed by atoms with Crippen molar-refractivity contribution in [1.29, 1.82) is 0 Å². The van der Waals surface area contributed by atoms with Crippen molar-refractivity contribution < 1.29 is 32.3 Å². The molecule has 2 atom stereocenters. The number of nitrogens with two attached hydrogens (primary N) is 1. The maximum atomic E-state index is 13.1. The molecule has 0 aliphatic heterocycles. The number of alkyl halides is 3. The smallest absolute Gasteiger partial charge is 0.471 e. The second-order valence-corrected chi connectivity index (χ2v) is 10.2. The monoisotopic (exact) mass is 467 g/mol. The van der Waals surface area contributed by atoms with E-state index in [9.17, 15) is 27.6 Å². The quantitative estimate of drug-likeness (QED) is 0.597. The average molecular weight is 467 g/mol. The van der Waals surface area contributed by atoms with Crippen LogP contribution in [0.3, 0.4) is 0 Å². The molecular formula is C23H28F3N3O4. The minimum absolute atomic E-state index is 0.0376. The van der Waals surface area contributed by atoms with Crippen LogP contribution in [0.1, 0.15) is 46.0 Å². The largest absolute Gasteiger partial charge is 0.478 e. The van der Waals surface area contributed by atoms with Crippen LogP contribution >= 0.6 is 0 Å². The number of hydrogen-bond donors (Lipinski definition) is 3. The van der Waals surface area contributed by atoms with Gasteiger partial charge in [-0.05, 0) is 88.0 Å². The summed E-state index contributed by atoms with van der Waals surface area (Å²) in [5, 5.41) is 4.89. The first kappa shape index (κ1) is 23.4. The summed E-state index contributed by atoms with van der Waals surface area (Å²) in [6.07, 6.45) is -0.778. The number of carbonyl (C=O) groups is 3. The van der Waals surface area contributed by atoms with Gasteiger partial charge in [0.15, 0.2) is 5.60 Å². The Morgan fingerprint density at radius 3 is 2.09 bits per heavy atom. The van der Waals surface area contributed by atoms with Gasteiger partial charge < -0.3 is 21.1 Å². The van der Waals surface area contributed by atoms with E-state index in [0.717, 1.165) is 19.3 Å². The summed E-state index contributed by atoms with van der Waals surface area (Å²) >= 11 is 0. The van der Waals surface area contributed by atoms with Crippen LogP contribution in [-0.4, -0.2) is 35.5 Å². The molecule has 4 saturated carbocycles. The number of hydrogen-bond acceptors (Lipinski definition) is 4. The third kappa shape index (κ3) is 4.52. The zero-order chi connectivity index (χ0) is 24.2. The molecule has 3 amide bonds. The van der Waals surface area contributed by atoms with Gasteiger partial charge in [0.2, 0.25) is 5.91 Å². The topological polar surface area (TPSA) is 111 Å². The highest BCUT2D eigenvalue weighted by atomic mass is 19.4. The van der Waals surface area contributed by atoms with Crippen LogP contribution in [-0.2, 0) is 14.4 Å². The summed E-state index contributed by atoms with van der Waals surface area (Å²) < 4.78 is 43.0. The fourth-order valence-corrected chi connectivity index (χ4v) is 6.04. The zero-order valence-corrected chi connectivity index (χ0v) is 18.5. The number of benzene rings is 1. The van der Waals surface area contributed by atoms with Gasteiger partial charge in [0.05, 0.1) is 0 Å². The third-order valence-electron chi connectivity index (χ3n) is 7.38. The summed E-state index contributed by atoms with van der Waals surface area (Å²) in [7, 11) is 0. The summed E-state index contributed by atoms with van der Waals surface area (Å²) in [6.45, 7) is 3.23. The van der Waals surface area contributed by atoms with Crippen LogP contribution in [0.2, 0.25) is 0 Å². The number of halogens is 3. The Kier molecular flexibility index (Phi) is 5.61. The van der Waals surface area contributed by atoms with Crippen LogP contribution in [0.25, 0.3) is 0 Å². The van der Waals surface area contributed by atoms with E-state index in [1.54, 1.807) is 19.2 Å². The molecule has 5 rings (SSSR count). The van der Waals surface area contributed by atoms with Gasteiger partial charge in [-0.3, -0.25) is 14.4 Å². The predicted molar refractivity (Wildman–Crippen MR) is 113 cm³/mol. The van der Waals surface area contributed by atoms with Crippen molar-refractivity contribution in [2.45, 2.75) is 63.8 Å². The normalized spacial score (nSPS) is 30.6. The van der Waals surface area contributed by atoms with E-state index < -0.39 is 23.1 Å². The fourth-order valence-electron chi connectivity index (χ4n) is 6.04. The number of carbonyl (C=O) groups excluding carboxylic acids is 3. The summed E-state index contributed by atoms with van der Waals surface area (Å²) in [5.74, 6) is -1.43. The lowest BCUT2D eigenvalue weighted by Crippen LogP contribution is -2.63. The van der Waals surface area contributed by atoms with Gasteiger partial charge in [0.25, 0.3) is 5.91 Å². The first-order valence-electron chi connectivity index (χ1n) is 11.1. The number of amides is 3. The number of primary amides is 1. The molecule has 4 aliphatic rings. The zero-order valence-electron chi connectivity index (χ0n) is 18.5. The Hall–Kier alpha value is -2.78. The minimum atomic E-state index is -4.98. The fraction of sp³-hybridized carbons (Fsp3) is 0.609. The molecule has 2 unspecified atom stereocenters. The number of nitrogens with one attached hydrogen (secondary N) is 2. The minimum Gasteiger partial charge on any atom is -0.478 e. The molecular weight excluding hydrogens is 439 g/mol. The van der Waals surface area contributed by atoms with Crippen LogP contribution in [0.15, 0.2) is 24.3 Å². The molecule has 4 fully saturated rings. The van der Waals surface area contributed by atoms with Gasteiger partial charge >= 0.3 is 12.1 Å². The van der Waals surface area contributed by atoms with Crippen molar-refractivity contribution in [3.05, 3.63) is 24.3 Å². The van der Waals surface area contributed by atoms with E-state index in [1.165, 1.54) is 24.3 Å². The van der Waals surface area contributed by atoms with Gasteiger partial charge in [-0.1, -0.05) is 0 Å². The molecule has 7 nitrogen and oxygen atoms in total. The highest BCUT2D eigenvalue weighted by molar-refractivity contribution is 5.95. The molecule has 0 heterocycles. The second kappa shape index (κ2) is 7.92. The average Bonchev–Trinajstić information content (AvgIpc) is 2.70. The summed E-state index contributed by atoms with van der Waals surface area (Å²) in [5.41, 5.74) is 4.01. The standard InChI is InChI=1S/C23H28F3N3O4/c1-21(2,33-16-5-3-15(4-6-16)28-20(32)23(24,25)26)19(31)29-17-13-7-12-8-14(17)11-22(9-12,10-13)18(27)30/h3-6,12-14,17H,7-11H2,1-2H3,(H2,27,30)(H,28,32)(H,29,31). The Labute approximate surface area is 189 Å². The van der Waals surface area contributed by atoms with E-state index in [-0.39, 0.29) is 41.1 Å². The number of rotatable bonds is 6. The van der Waals surface area contributed by atoms with E-state index in [2.05, 4.69) is 5.32 Å². The van der Waals surface area contributed by atoms with Crippen molar-refractivity contribution in [1.82, 2.24) is 5.32 Å². The van der Waals surface area contributed by atoms with Gasteiger partial charge in [-0.25, -0.2) is 0 Å². The molecule has 1 aromatic carbocycles. The van der Waals surface area contributed by atoms with E-state index in [4.69, 9.17) is 10.5 Å². The third-order valence-corrected chi connectivity index (χ3v) is 7.38. The maximum Gasteiger partial charge on any atom is 0.471 e. The highest BCUT2D eigenvalue weighted by Gasteiger charge is 2.58. The SMILES string of the molecule is CC(C)(Oc1ccc(NC(=O)C(F)(F)F)cc1)C(=O)NC1C2CC3CC1CC(C(N)=O)(C3)C2. The van der Waals surface area contributed by atoms with E-state index in [0.29, 0.717) is 18.8 Å². The van der Waals surface area contributed by atoms with E-state index in [1.807, 2.05) is 0 Å². The number of anilines is 1. The lowest BCUT2D eigenvalue weighted by Gasteiger charge is -2.59. The van der Waals surface area contributed by atoms with Gasteiger partial charge in [0.1, 0.15) is 5.75 Å². The molecule has 4 bridgehead atoms. The number of ether oxygens (including phenoxy) is 1. The second-order valence-electron chi connectivity index (χ2n) is 10.2. The summed E-state index contributed by atoms with van der Waals surface area (Å²) in [6, 6.07) is 5.28. The molecule has 0 aromatic heterocycles. The Morgan fingerprint density at radius 1 is 1.00 bits per heavy atom. The predicted octanol–water partition coefficient (Wildman–Crippen LogP) is 3.14. The van der Waals surface area contributed by atoms with Crippen molar-refractivity contribution in [3.8, 4) is 5.75 Å². The summed E-state index contributed by atoms with van der Waals surface area (Å²) in [4.78, 5) is 36.2. The van der Waals surface area contributed by atoms with E-state index >= 15 is 0 Å². The van der Waals surface area contributed by atoms with Crippen molar-refractivity contribution in [2.24, 2.45) is 28.9 Å². The molecule has 0 radical (unpaired) electrons. The first-order valence-corrected chi connectivity index (χ1v) is 11.1. The van der Waals surface area contributed by atoms with Crippen LogP contribution < -0.4 is 21.1 Å². The van der Waals surface area contributed by atoms with Crippen LogP contribution in [0, 0.1) is 23.2 Å². The molecule has 0 spiro atoms. The molecule has 33 heavy (non-hydrogen) atoms. The van der Waals surface area contributed by atoms with Gasteiger partial charge in [0, 0.05) is 17.1 Å². The molecule has 10 heteroatoms. The molecule has 4 aliphatic carbocycles. The van der Waals surface area contributed by atoms with Crippen molar-refractivity contribution in [3.63, 3.8) is 0 Å². The molecule has 1 aromatic rings. The Morgan fingerprint density at radius 2 is 1.58 bits per heavy atom. The molecule has 0 saturated heterocycles. The van der Waals surface area contributed by atoms with Gasteiger partial charge in [-0.15, -0.1) is 0 Å². The maximum absolute atomic E-state index is 13.1. The van der Waals surface area contributed by atoms with Crippen molar-refractivity contribution in [2.75, 3.05) is 5.32 Å². The van der Waals surface area contributed by atoms with Crippen LogP contribution in [0.5, 0.6) is 5.75 Å². The lowest BCUT2D eigenvalue weighted by atomic mass is 9.47. The molecule has 4 N–H and O–H groups in total. The van der Waals surface area contributed by atoms with Crippen molar-refractivity contribution >= 4 is 23.4 Å².